The van der Waals surface area contributed by atoms with Crippen LogP contribution in [0.25, 0.3) is 6.08 Å². The van der Waals surface area contributed by atoms with Gasteiger partial charge >= 0.3 is 0 Å². The van der Waals surface area contributed by atoms with Gasteiger partial charge in [-0.15, -0.1) is 0 Å². The van der Waals surface area contributed by atoms with E-state index in [1.807, 2.05) is 31.1 Å². The molecular weight excluding hydrogens is 463 g/mol. The molecule has 3 aromatic rings. The van der Waals surface area contributed by atoms with Crippen LogP contribution >= 0.6 is 11.6 Å². The fourth-order valence-corrected chi connectivity index (χ4v) is 3.14. The Morgan fingerprint density at radius 1 is 1.06 bits per heavy atom. The Balaban J connectivity index is 1.94. The van der Waals surface area contributed by atoms with Gasteiger partial charge in [-0.3, -0.25) is 19.7 Å². The number of hydrogen-bond donors (Lipinski definition) is 2. The van der Waals surface area contributed by atoms with E-state index in [1.165, 1.54) is 36.4 Å². The van der Waals surface area contributed by atoms with Crippen LogP contribution in [0.2, 0.25) is 5.02 Å². The number of nitrogens with zero attached hydrogens (tertiary/aromatic N) is 2. The Morgan fingerprint density at radius 2 is 1.74 bits per heavy atom. The average molecular weight is 483 g/mol. The van der Waals surface area contributed by atoms with E-state index in [0.29, 0.717) is 5.56 Å². The van der Waals surface area contributed by atoms with E-state index >= 15 is 0 Å². The van der Waals surface area contributed by atoms with Crippen LogP contribution in [0.15, 0.2) is 72.4 Å². The molecule has 174 valence electrons. The third-order valence-corrected chi connectivity index (χ3v) is 5.05. The van der Waals surface area contributed by atoms with E-state index in [9.17, 15) is 24.1 Å². The van der Waals surface area contributed by atoms with E-state index in [-0.39, 0.29) is 27.7 Å². The Labute approximate surface area is 199 Å². The molecule has 34 heavy (non-hydrogen) atoms. The van der Waals surface area contributed by atoms with Crippen molar-refractivity contribution in [2.45, 2.75) is 0 Å². The van der Waals surface area contributed by atoms with Crippen LogP contribution in [0.5, 0.6) is 0 Å². The highest BCUT2D eigenvalue weighted by molar-refractivity contribution is 6.32. The van der Waals surface area contributed by atoms with Crippen molar-refractivity contribution >= 4 is 46.6 Å². The number of benzene rings is 3. The third kappa shape index (κ3) is 5.96. The Kier molecular flexibility index (Phi) is 7.60. The molecular formula is C24H20ClFN4O4. The maximum Gasteiger partial charge on any atom is 0.289 e. The van der Waals surface area contributed by atoms with Crippen molar-refractivity contribution in [3.8, 4) is 0 Å². The van der Waals surface area contributed by atoms with Crippen LogP contribution in [0.3, 0.4) is 0 Å². The second-order valence-electron chi connectivity index (χ2n) is 7.36. The molecule has 0 saturated carbocycles. The lowest BCUT2D eigenvalue weighted by Gasteiger charge is -2.13. The lowest BCUT2D eigenvalue weighted by molar-refractivity contribution is -0.384. The molecule has 10 heteroatoms. The van der Waals surface area contributed by atoms with Gasteiger partial charge in [-0.05, 0) is 48.0 Å². The lowest BCUT2D eigenvalue weighted by atomic mass is 10.1. The van der Waals surface area contributed by atoms with Gasteiger partial charge in [0.15, 0.2) is 0 Å². The number of halogens is 2. The Morgan fingerprint density at radius 3 is 2.35 bits per heavy atom. The minimum Gasteiger partial charge on any atom is -0.378 e. The van der Waals surface area contributed by atoms with Crippen molar-refractivity contribution in [3.63, 3.8) is 0 Å². The summed E-state index contributed by atoms with van der Waals surface area (Å²) in [4.78, 5) is 38.0. The van der Waals surface area contributed by atoms with Crippen molar-refractivity contribution in [3.05, 3.63) is 105 Å². The lowest BCUT2D eigenvalue weighted by Crippen LogP contribution is -2.31. The van der Waals surface area contributed by atoms with Gasteiger partial charge in [0, 0.05) is 31.5 Å². The van der Waals surface area contributed by atoms with Crippen LogP contribution in [0.1, 0.15) is 15.9 Å². The van der Waals surface area contributed by atoms with E-state index in [2.05, 4.69) is 10.6 Å². The largest absolute Gasteiger partial charge is 0.378 e. The number of nitro groups is 1. The highest BCUT2D eigenvalue weighted by atomic mass is 35.5. The second kappa shape index (κ2) is 10.6. The molecule has 0 aliphatic rings. The molecule has 3 aromatic carbocycles. The number of rotatable bonds is 7. The standard InChI is InChI=1S/C24H20ClFN4O4/c1-29(2)17-10-7-15(8-11-17)13-21(28-23(31)18-5-3-4-6-20(18)26)24(32)27-16-9-12-19(25)22(14-16)30(33)34/h3-14H,1-2H3,(H,27,32)(H,28,31). The number of carbonyl (C=O) groups excluding carboxylic acids is 2. The summed E-state index contributed by atoms with van der Waals surface area (Å²) < 4.78 is 14.1. The third-order valence-electron chi connectivity index (χ3n) is 4.73. The van der Waals surface area contributed by atoms with E-state index in [1.54, 1.807) is 12.1 Å². The van der Waals surface area contributed by atoms with Crippen molar-refractivity contribution in [2.75, 3.05) is 24.3 Å². The molecule has 0 aliphatic heterocycles. The molecule has 0 bridgehead atoms. The van der Waals surface area contributed by atoms with Crippen molar-refractivity contribution in [1.29, 1.82) is 0 Å². The van der Waals surface area contributed by atoms with E-state index < -0.39 is 22.6 Å². The van der Waals surface area contributed by atoms with Gasteiger partial charge < -0.3 is 15.5 Å². The first-order valence-electron chi connectivity index (χ1n) is 9.96. The summed E-state index contributed by atoms with van der Waals surface area (Å²) in [6, 6.07) is 16.2. The zero-order valence-corrected chi connectivity index (χ0v) is 19.0. The Bertz CT molecular complexity index is 1280. The summed E-state index contributed by atoms with van der Waals surface area (Å²) in [7, 11) is 3.76. The maximum absolute atomic E-state index is 14.1. The number of amides is 2. The first kappa shape index (κ1) is 24.4. The number of nitro benzene ring substituents is 1. The molecule has 3 rings (SSSR count). The summed E-state index contributed by atoms with van der Waals surface area (Å²) >= 11 is 5.82. The number of hydrogen-bond acceptors (Lipinski definition) is 5. The summed E-state index contributed by atoms with van der Waals surface area (Å²) in [6.07, 6.45) is 1.41. The Hall–Kier alpha value is -4.24. The SMILES string of the molecule is CN(C)c1ccc(C=C(NC(=O)c2ccccc2F)C(=O)Nc2ccc(Cl)c([N+](=O)[O-])c2)cc1. The van der Waals surface area contributed by atoms with E-state index in [0.717, 1.165) is 17.8 Å². The van der Waals surface area contributed by atoms with E-state index in [4.69, 9.17) is 11.6 Å². The van der Waals surface area contributed by atoms with Crippen LogP contribution in [0, 0.1) is 15.9 Å². The normalized spacial score (nSPS) is 11.0. The molecule has 0 aromatic heterocycles. The van der Waals surface area contributed by atoms with Crippen molar-refractivity contribution < 1.29 is 18.9 Å². The topological polar surface area (TPSA) is 105 Å². The fraction of sp³-hybridized carbons (Fsp3) is 0.0833. The fourth-order valence-electron chi connectivity index (χ4n) is 2.96. The molecule has 2 N–H and O–H groups in total. The maximum atomic E-state index is 14.1. The first-order valence-corrected chi connectivity index (χ1v) is 10.3. The van der Waals surface area contributed by atoms with Crippen molar-refractivity contribution in [2.24, 2.45) is 0 Å². The second-order valence-corrected chi connectivity index (χ2v) is 7.76. The van der Waals surface area contributed by atoms with Gasteiger partial charge in [0.25, 0.3) is 17.5 Å². The zero-order valence-electron chi connectivity index (χ0n) is 18.2. The smallest absolute Gasteiger partial charge is 0.289 e. The summed E-state index contributed by atoms with van der Waals surface area (Å²) in [5.41, 5.74) is 0.781. The molecule has 8 nitrogen and oxygen atoms in total. The summed E-state index contributed by atoms with van der Waals surface area (Å²) in [6.45, 7) is 0. The molecule has 0 fully saturated rings. The molecule has 0 saturated heterocycles. The predicted octanol–water partition coefficient (Wildman–Crippen LogP) is 4.86. The van der Waals surface area contributed by atoms with Crippen LogP contribution < -0.4 is 15.5 Å². The molecule has 0 aliphatic carbocycles. The number of nitrogens with one attached hydrogen (secondary N) is 2. The number of anilines is 2. The van der Waals surface area contributed by atoms with Gasteiger partial charge in [0.05, 0.1) is 10.5 Å². The summed E-state index contributed by atoms with van der Waals surface area (Å²) in [5, 5.41) is 16.0. The average Bonchev–Trinajstić information content (AvgIpc) is 2.80. The van der Waals surface area contributed by atoms with Crippen LogP contribution in [-0.4, -0.2) is 30.8 Å². The monoisotopic (exact) mass is 482 g/mol. The number of carbonyl (C=O) groups is 2. The van der Waals surface area contributed by atoms with Gasteiger partial charge in [0.1, 0.15) is 16.5 Å². The minimum absolute atomic E-state index is 0.0902. The van der Waals surface area contributed by atoms with Gasteiger partial charge in [0.2, 0.25) is 0 Å². The van der Waals surface area contributed by atoms with Gasteiger partial charge in [-0.1, -0.05) is 35.9 Å². The highest BCUT2D eigenvalue weighted by Gasteiger charge is 2.19. The van der Waals surface area contributed by atoms with Gasteiger partial charge in [-0.25, -0.2) is 4.39 Å². The quantitative estimate of drug-likeness (QED) is 0.284. The predicted molar refractivity (Wildman–Crippen MR) is 129 cm³/mol. The molecule has 2 amide bonds. The van der Waals surface area contributed by atoms with Crippen LogP contribution in [-0.2, 0) is 4.79 Å². The van der Waals surface area contributed by atoms with Gasteiger partial charge in [-0.2, -0.15) is 0 Å². The molecule has 0 atom stereocenters. The van der Waals surface area contributed by atoms with Crippen molar-refractivity contribution in [1.82, 2.24) is 5.32 Å². The highest BCUT2D eigenvalue weighted by Crippen LogP contribution is 2.27. The molecule has 0 heterocycles. The van der Waals surface area contributed by atoms with Crippen LogP contribution in [0.4, 0.5) is 21.5 Å². The molecule has 0 radical (unpaired) electrons. The minimum atomic E-state index is -0.827. The molecule has 0 spiro atoms. The first-order chi connectivity index (χ1) is 16.2. The summed E-state index contributed by atoms with van der Waals surface area (Å²) in [5.74, 6) is -2.34. The zero-order chi connectivity index (χ0) is 24.8. The molecule has 0 unspecified atom stereocenters.